The number of hydrogen-bond acceptors (Lipinski definition) is 4. The summed E-state index contributed by atoms with van der Waals surface area (Å²) in [6.45, 7) is 2.19. The molecule has 2 heterocycles. The minimum atomic E-state index is -1.23. The summed E-state index contributed by atoms with van der Waals surface area (Å²) in [7, 11) is 1.60. The molecule has 29 heavy (non-hydrogen) atoms. The molecule has 3 aromatic rings. The van der Waals surface area contributed by atoms with Crippen LogP contribution in [0.1, 0.15) is 36.0 Å². The molecule has 0 bridgehead atoms. The molecule has 5 heteroatoms. The first-order chi connectivity index (χ1) is 14.0. The highest BCUT2D eigenvalue weighted by Gasteiger charge is 2.71. The molecule has 1 aromatic heterocycles. The predicted octanol–water partition coefficient (Wildman–Crippen LogP) is 5.15. The maximum absolute atomic E-state index is 12.3. The summed E-state index contributed by atoms with van der Waals surface area (Å²) in [5.41, 5.74) is 0.596. The van der Waals surface area contributed by atoms with Gasteiger partial charge in [-0.2, -0.15) is 0 Å². The van der Waals surface area contributed by atoms with Gasteiger partial charge >= 0.3 is 0 Å². The number of aliphatic hydroxyl groups is 1. The summed E-state index contributed by atoms with van der Waals surface area (Å²) in [6.07, 6.45) is 3.90. The van der Waals surface area contributed by atoms with Crippen molar-refractivity contribution in [3.63, 3.8) is 0 Å². The highest BCUT2D eigenvalue weighted by molar-refractivity contribution is 9.10. The first-order valence-corrected chi connectivity index (χ1v) is 10.6. The molecule has 1 saturated carbocycles. The maximum Gasteiger partial charge on any atom is 0.174 e. The zero-order valence-electron chi connectivity index (χ0n) is 16.3. The highest BCUT2D eigenvalue weighted by Crippen LogP contribution is 2.69. The van der Waals surface area contributed by atoms with Gasteiger partial charge < -0.3 is 14.6 Å². The van der Waals surface area contributed by atoms with E-state index in [-0.39, 0.29) is 11.8 Å². The van der Waals surface area contributed by atoms with E-state index in [0.29, 0.717) is 23.5 Å². The number of halogens is 1. The van der Waals surface area contributed by atoms with Gasteiger partial charge in [0.15, 0.2) is 5.60 Å². The number of nitrogens with zero attached hydrogens (tertiary/aromatic N) is 1. The van der Waals surface area contributed by atoms with Crippen LogP contribution in [0, 0.1) is 5.92 Å². The molecule has 4 unspecified atom stereocenters. The highest BCUT2D eigenvalue weighted by atomic mass is 79.9. The molecule has 148 valence electrons. The van der Waals surface area contributed by atoms with Crippen molar-refractivity contribution in [1.82, 2.24) is 4.98 Å². The summed E-state index contributed by atoms with van der Waals surface area (Å²) < 4.78 is 13.3. The van der Waals surface area contributed by atoms with Gasteiger partial charge in [0.1, 0.15) is 17.1 Å². The fourth-order valence-electron chi connectivity index (χ4n) is 5.46. The normalized spacial score (nSPS) is 29.8. The monoisotopic (exact) mass is 451 g/mol. The van der Waals surface area contributed by atoms with Crippen molar-refractivity contribution in [2.45, 2.75) is 30.5 Å². The van der Waals surface area contributed by atoms with E-state index in [1.165, 1.54) is 0 Å². The molecule has 0 saturated heterocycles. The second-order valence-corrected chi connectivity index (χ2v) is 8.91. The Balaban J connectivity index is 1.82. The van der Waals surface area contributed by atoms with Gasteiger partial charge in [0, 0.05) is 10.4 Å². The summed E-state index contributed by atoms with van der Waals surface area (Å²) in [6, 6.07) is 18.4. The van der Waals surface area contributed by atoms with Crippen LogP contribution in [0.15, 0.2) is 71.5 Å². The molecule has 0 amide bonds. The molecule has 4 atom stereocenters. The Bertz CT molecular complexity index is 1060. The third kappa shape index (κ3) is 2.44. The Morgan fingerprint density at radius 2 is 1.83 bits per heavy atom. The Morgan fingerprint density at radius 3 is 2.52 bits per heavy atom. The van der Waals surface area contributed by atoms with Crippen molar-refractivity contribution in [1.29, 1.82) is 0 Å². The molecule has 1 aliphatic heterocycles. The maximum atomic E-state index is 12.3. The Labute approximate surface area is 178 Å². The van der Waals surface area contributed by atoms with E-state index < -0.39 is 11.2 Å². The van der Waals surface area contributed by atoms with E-state index in [1.807, 2.05) is 42.5 Å². The van der Waals surface area contributed by atoms with Crippen molar-refractivity contribution < 1.29 is 14.6 Å². The summed E-state index contributed by atoms with van der Waals surface area (Å²) in [5, 5.41) is 12.3. The van der Waals surface area contributed by atoms with Gasteiger partial charge in [0.2, 0.25) is 0 Å². The third-order valence-electron chi connectivity index (χ3n) is 6.45. The zero-order chi connectivity index (χ0) is 20.2. The Kier molecular flexibility index (Phi) is 4.23. The van der Waals surface area contributed by atoms with Crippen LogP contribution in [-0.2, 0) is 11.2 Å². The molecule has 1 N–H and O–H groups in total. The second-order valence-electron chi connectivity index (χ2n) is 7.99. The Morgan fingerprint density at radius 1 is 1.10 bits per heavy atom. The predicted molar refractivity (Wildman–Crippen MR) is 114 cm³/mol. The van der Waals surface area contributed by atoms with Crippen LogP contribution >= 0.6 is 15.9 Å². The van der Waals surface area contributed by atoms with E-state index in [0.717, 1.165) is 15.6 Å². The van der Waals surface area contributed by atoms with Gasteiger partial charge in [0.25, 0.3) is 0 Å². The average Bonchev–Trinajstić information content (AvgIpc) is 3.11. The largest absolute Gasteiger partial charge is 0.495 e. The van der Waals surface area contributed by atoms with Gasteiger partial charge in [-0.1, -0.05) is 65.3 Å². The van der Waals surface area contributed by atoms with Crippen molar-refractivity contribution in [3.05, 3.63) is 88.2 Å². The summed E-state index contributed by atoms with van der Waals surface area (Å²) >= 11 is 3.53. The average molecular weight is 452 g/mol. The zero-order valence-corrected chi connectivity index (χ0v) is 17.9. The topological polar surface area (TPSA) is 51.6 Å². The number of fused-ring (bicyclic) bond motifs is 3. The number of aromatic nitrogens is 1. The lowest BCUT2D eigenvalue weighted by Gasteiger charge is -2.40. The number of hydrogen-bond donors (Lipinski definition) is 1. The molecule has 1 aliphatic carbocycles. The lowest BCUT2D eigenvalue weighted by atomic mass is 9.71. The molecule has 1 fully saturated rings. The van der Waals surface area contributed by atoms with E-state index in [1.54, 1.807) is 19.5 Å². The van der Waals surface area contributed by atoms with Crippen LogP contribution in [0.4, 0.5) is 0 Å². The molecular weight excluding hydrogens is 430 g/mol. The quantitative estimate of drug-likeness (QED) is 0.597. The van der Waals surface area contributed by atoms with Crippen molar-refractivity contribution >= 4 is 15.9 Å². The third-order valence-corrected chi connectivity index (χ3v) is 6.98. The fraction of sp³-hybridized carbons (Fsp3) is 0.292. The van der Waals surface area contributed by atoms with Crippen LogP contribution in [0.5, 0.6) is 11.5 Å². The van der Waals surface area contributed by atoms with E-state index in [2.05, 4.69) is 40.0 Å². The van der Waals surface area contributed by atoms with Crippen molar-refractivity contribution in [3.8, 4) is 11.5 Å². The lowest BCUT2D eigenvalue weighted by Crippen LogP contribution is -2.48. The van der Waals surface area contributed by atoms with Gasteiger partial charge in [-0.3, -0.25) is 4.98 Å². The molecule has 0 radical (unpaired) electrons. The van der Waals surface area contributed by atoms with Crippen LogP contribution in [0.25, 0.3) is 0 Å². The van der Waals surface area contributed by atoms with E-state index in [4.69, 9.17) is 9.47 Å². The van der Waals surface area contributed by atoms with Crippen LogP contribution in [-0.4, -0.2) is 17.2 Å². The van der Waals surface area contributed by atoms with Crippen molar-refractivity contribution in [2.24, 2.45) is 5.92 Å². The van der Waals surface area contributed by atoms with Gasteiger partial charge in [-0.05, 0) is 35.6 Å². The number of ether oxygens (including phenoxy) is 2. The van der Waals surface area contributed by atoms with Crippen molar-refractivity contribution in [2.75, 3.05) is 7.11 Å². The molecule has 2 aromatic carbocycles. The summed E-state index contributed by atoms with van der Waals surface area (Å²) in [5.74, 6) is 1.30. The minimum absolute atomic E-state index is 0.0352. The SMILES string of the molecule is COc1cncc2c1C1(O)CC(C)C(c3ccccc3)C1(c1ccc(Br)cc1)O2. The first kappa shape index (κ1) is 18.6. The fourth-order valence-corrected chi connectivity index (χ4v) is 5.73. The number of pyridine rings is 1. The van der Waals surface area contributed by atoms with Gasteiger partial charge in [-0.25, -0.2) is 0 Å². The Hall–Kier alpha value is -2.37. The van der Waals surface area contributed by atoms with Gasteiger partial charge in [0.05, 0.1) is 25.1 Å². The number of methoxy groups -OCH3 is 1. The van der Waals surface area contributed by atoms with E-state index in [9.17, 15) is 5.11 Å². The smallest absolute Gasteiger partial charge is 0.174 e. The number of rotatable bonds is 3. The standard InChI is InChI=1S/C24H22BrNO3/c1-15-12-23(27)22-19(28-2)13-26-14-20(22)29-24(23,17-8-10-18(25)11-9-17)21(15)16-6-4-3-5-7-16/h3-11,13-15,21,27H,12H2,1-2H3. The molecule has 5 rings (SSSR count). The van der Waals surface area contributed by atoms with Crippen LogP contribution in [0.3, 0.4) is 0 Å². The minimum Gasteiger partial charge on any atom is -0.495 e. The lowest BCUT2D eigenvalue weighted by molar-refractivity contribution is -0.106. The molecule has 0 spiro atoms. The molecule has 4 nitrogen and oxygen atoms in total. The van der Waals surface area contributed by atoms with Crippen LogP contribution in [0.2, 0.25) is 0 Å². The first-order valence-electron chi connectivity index (χ1n) is 9.76. The second kappa shape index (κ2) is 6.57. The molecular formula is C24H22BrNO3. The van der Waals surface area contributed by atoms with Crippen LogP contribution < -0.4 is 9.47 Å². The number of benzene rings is 2. The van der Waals surface area contributed by atoms with Gasteiger partial charge in [-0.15, -0.1) is 0 Å². The molecule has 2 aliphatic rings. The summed E-state index contributed by atoms with van der Waals surface area (Å²) in [4.78, 5) is 4.27. The van der Waals surface area contributed by atoms with E-state index >= 15 is 0 Å².